The van der Waals surface area contributed by atoms with Gasteiger partial charge >= 0.3 is 0 Å². The lowest BCUT2D eigenvalue weighted by Gasteiger charge is -2.18. The fourth-order valence-electron chi connectivity index (χ4n) is 4.16. The molecule has 0 amide bonds. The first-order chi connectivity index (χ1) is 16.4. The maximum Gasteiger partial charge on any atom is 0.196 e. The molecule has 9 nitrogen and oxygen atoms in total. The van der Waals surface area contributed by atoms with Gasteiger partial charge in [-0.3, -0.25) is 0 Å². The highest BCUT2D eigenvalue weighted by molar-refractivity contribution is 7.99. The van der Waals surface area contributed by atoms with Crippen molar-refractivity contribution in [1.82, 2.24) is 24.9 Å². The standard InChI is InChI=1S/C23H27ClN8OS/c1-3-16-19(24)18-21(29-16)30-23(31-22(18)32-7-6-13(25)10-32)34-14-4-5-15-17(8-14)27-11-28-20(15)26-9-12(2)33/h4-5,8,11-13,33H,3,6-7,9-10,25H2,1-2H3,(H,26,27,28)(H,29,30,31). The van der Waals surface area contributed by atoms with Gasteiger partial charge in [0.05, 0.1) is 22.0 Å². The van der Waals surface area contributed by atoms with E-state index in [1.54, 1.807) is 6.92 Å². The van der Waals surface area contributed by atoms with E-state index < -0.39 is 6.10 Å². The predicted octanol–water partition coefficient (Wildman–Crippen LogP) is 3.60. The topological polar surface area (TPSA) is 129 Å². The van der Waals surface area contributed by atoms with Crippen molar-refractivity contribution < 1.29 is 5.11 Å². The monoisotopic (exact) mass is 498 g/mol. The molecule has 34 heavy (non-hydrogen) atoms. The molecule has 4 heterocycles. The number of H-pyrrole nitrogens is 1. The molecule has 0 spiro atoms. The Bertz CT molecular complexity index is 1340. The van der Waals surface area contributed by atoms with E-state index in [-0.39, 0.29) is 6.04 Å². The molecule has 1 aliphatic rings. The van der Waals surface area contributed by atoms with Gasteiger partial charge in [-0.1, -0.05) is 18.5 Å². The van der Waals surface area contributed by atoms with Crippen LogP contribution in [0, 0.1) is 0 Å². The summed E-state index contributed by atoms with van der Waals surface area (Å²) in [5, 5.41) is 15.8. The van der Waals surface area contributed by atoms with E-state index in [4.69, 9.17) is 27.3 Å². The largest absolute Gasteiger partial charge is 0.392 e. The third-order valence-electron chi connectivity index (χ3n) is 5.88. The Hall–Kier alpha value is -2.66. The molecular weight excluding hydrogens is 472 g/mol. The summed E-state index contributed by atoms with van der Waals surface area (Å²) < 4.78 is 0. The third kappa shape index (κ3) is 4.50. The third-order valence-corrected chi connectivity index (χ3v) is 7.15. The van der Waals surface area contributed by atoms with E-state index in [2.05, 4.69) is 32.1 Å². The quantitative estimate of drug-likeness (QED) is 0.282. The number of nitrogens with two attached hydrogens (primary N) is 1. The van der Waals surface area contributed by atoms with Gasteiger partial charge in [-0.15, -0.1) is 0 Å². The van der Waals surface area contributed by atoms with Gasteiger partial charge in [0.25, 0.3) is 0 Å². The molecule has 0 saturated carbocycles. The molecule has 4 aromatic rings. The fraction of sp³-hybridized carbons (Fsp3) is 0.391. The van der Waals surface area contributed by atoms with Crippen LogP contribution in [-0.2, 0) is 6.42 Å². The number of anilines is 2. The van der Waals surface area contributed by atoms with Gasteiger partial charge < -0.3 is 26.0 Å². The highest BCUT2D eigenvalue weighted by Crippen LogP contribution is 2.38. The first-order valence-corrected chi connectivity index (χ1v) is 12.6. The number of aliphatic hydroxyl groups is 1. The summed E-state index contributed by atoms with van der Waals surface area (Å²) in [7, 11) is 0. The molecule has 0 aliphatic carbocycles. The molecule has 178 valence electrons. The molecular formula is C23H27ClN8OS. The zero-order valence-corrected chi connectivity index (χ0v) is 20.6. The molecule has 3 aromatic heterocycles. The van der Waals surface area contributed by atoms with Crippen molar-refractivity contribution in [3.8, 4) is 0 Å². The number of benzene rings is 1. The summed E-state index contributed by atoms with van der Waals surface area (Å²) in [5.74, 6) is 1.52. The van der Waals surface area contributed by atoms with Crippen molar-refractivity contribution in [2.24, 2.45) is 5.73 Å². The minimum atomic E-state index is -0.471. The van der Waals surface area contributed by atoms with Crippen LogP contribution < -0.4 is 16.0 Å². The number of aromatic amines is 1. The summed E-state index contributed by atoms with van der Waals surface area (Å²) in [5.41, 5.74) is 8.67. The molecule has 2 atom stereocenters. The number of nitrogens with zero attached hydrogens (tertiary/aromatic N) is 5. The average molecular weight is 499 g/mol. The van der Waals surface area contributed by atoms with E-state index in [1.165, 1.54) is 18.1 Å². The molecule has 1 fully saturated rings. The number of halogens is 1. The second-order valence-electron chi connectivity index (χ2n) is 8.55. The van der Waals surface area contributed by atoms with Gasteiger partial charge in [-0.05, 0) is 49.7 Å². The van der Waals surface area contributed by atoms with E-state index in [1.807, 2.05) is 18.2 Å². The molecule has 5 rings (SSSR count). The maximum absolute atomic E-state index is 9.57. The Kier molecular flexibility index (Phi) is 6.48. The van der Waals surface area contributed by atoms with Crippen molar-refractivity contribution in [1.29, 1.82) is 0 Å². The molecule has 0 bridgehead atoms. The van der Waals surface area contributed by atoms with Crippen molar-refractivity contribution in [2.45, 2.75) is 48.9 Å². The number of nitrogens with one attached hydrogen (secondary N) is 2. The fourth-order valence-corrected chi connectivity index (χ4v) is 5.30. The van der Waals surface area contributed by atoms with Gasteiger partial charge in [0.15, 0.2) is 5.16 Å². The van der Waals surface area contributed by atoms with Crippen LogP contribution in [0.1, 0.15) is 26.0 Å². The summed E-state index contributed by atoms with van der Waals surface area (Å²) in [6.07, 6.45) is 2.76. The number of rotatable bonds is 7. The van der Waals surface area contributed by atoms with Crippen LogP contribution in [0.5, 0.6) is 0 Å². The van der Waals surface area contributed by atoms with Crippen LogP contribution in [0.2, 0.25) is 5.02 Å². The molecule has 1 aromatic carbocycles. The van der Waals surface area contributed by atoms with Gasteiger partial charge in [0.2, 0.25) is 0 Å². The van der Waals surface area contributed by atoms with Crippen molar-refractivity contribution in [3.05, 3.63) is 35.2 Å². The van der Waals surface area contributed by atoms with Crippen LogP contribution in [0.4, 0.5) is 11.6 Å². The Morgan fingerprint density at radius 2 is 2.21 bits per heavy atom. The molecule has 2 unspecified atom stereocenters. The normalized spacial score (nSPS) is 17.1. The number of fused-ring (bicyclic) bond motifs is 2. The highest BCUT2D eigenvalue weighted by Gasteiger charge is 2.26. The minimum absolute atomic E-state index is 0.126. The van der Waals surface area contributed by atoms with Crippen LogP contribution in [0.15, 0.2) is 34.6 Å². The summed E-state index contributed by atoms with van der Waals surface area (Å²) >= 11 is 8.18. The molecule has 0 radical (unpaired) electrons. The summed E-state index contributed by atoms with van der Waals surface area (Å²) in [4.78, 5) is 25.0. The first-order valence-electron chi connectivity index (χ1n) is 11.4. The van der Waals surface area contributed by atoms with Crippen molar-refractivity contribution in [3.63, 3.8) is 0 Å². The smallest absolute Gasteiger partial charge is 0.196 e. The minimum Gasteiger partial charge on any atom is -0.392 e. The SMILES string of the molecule is CCc1[nH]c2nc(Sc3ccc4c(NCC(C)O)ncnc4c3)nc(N3CCC(N)C3)c2c1Cl. The van der Waals surface area contributed by atoms with Gasteiger partial charge in [0.1, 0.15) is 23.6 Å². The number of aromatic nitrogens is 5. The number of aliphatic hydroxyl groups excluding tert-OH is 1. The number of hydrogen-bond acceptors (Lipinski definition) is 9. The lowest BCUT2D eigenvalue weighted by Crippen LogP contribution is -2.27. The van der Waals surface area contributed by atoms with Gasteiger partial charge in [0, 0.05) is 41.7 Å². The van der Waals surface area contributed by atoms with Crippen molar-refractivity contribution in [2.75, 3.05) is 29.9 Å². The Balaban J connectivity index is 1.51. The van der Waals surface area contributed by atoms with Crippen molar-refractivity contribution >= 4 is 56.9 Å². The van der Waals surface area contributed by atoms with E-state index in [0.717, 1.165) is 64.3 Å². The number of aryl methyl sites for hydroxylation is 1. The Labute approximate surface area is 206 Å². The van der Waals surface area contributed by atoms with E-state index in [0.29, 0.717) is 22.5 Å². The van der Waals surface area contributed by atoms with Crippen LogP contribution in [-0.4, -0.2) is 61.8 Å². The van der Waals surface area contributed by atoms with E-state index >= 15 is 0 Å². The Morgan fingerprint density at radius 3 is 2.94 bits per heavy atom. The lowest BCUT2D eigenvalue weighted by molar-refractivity contribution is 0.208. The molecule has 1 aliphatic heterocycles. The highest BCUT2D eigenvalue weighted by atomic mass is 35.5. The second kappa shape index (κ2) is 9.53. The van der Waals surface area contributed by atoms with Gasteiger partial charge in [-0.2, -0.15) is 0 Å². The zero-order valence-electron chi connectivity index (χ0n) is 19.0. The van der Waals surface area contributed by atoms with Crippen LogP contribution in [0.25, 0.3) is 21.9 Å². The van der Waals surface area contributed by atoms with E-state index in [9.17, 15) is 5.11 Å². The summed E-state index contributed by atoms with van der Waals surface area (Å²) in [6, 6.07) is 6.10. The molecule has 11 heteroatoms. The Morgan fingerprint density at radius 1 is 1.35 bits per heavy atom. The molecule has 1 saturated heterocycles. The average Bonchev–Trinajstić information content (AvgIpc) is 3.39. The maximum atomic E-state index is 9.57. The van der Waals surface area contributed by atoms with Gasteiger partial charge in [-0.25, -0.2) is 19.9 Å². The lowest BCUT2D eigenvalue weighted by atomic mass is 10.2. The molecule has 5 N–H and O–H groups in total. The predicted molar refractivity (Wildman–Crippen MR) is 137 cm³/mol. The first kappa shape index (κ1) is 23.1. The zero-order chi connectivity index (χ0) is 23.8. The van der Waals surface area contributed by atoms with Crippen LogP contribution >= 0.6 is 23.4 Å². The second-order valence-corrected chi connectivity index (χ2v) is 9.97. The number of hydrogen-bond donors (Lipinski definition) is 4. The summed E-state index contributed by atoms with van der Waals surface area (Å²) in [6.45, 7) is 5.79. The van der Waals surface area contributed by atoms with Crippen LogP contribution in [0.3, 0.4) is 0 Å².